The van der Waals surface area contributed by atoms with E-state index in [9.17, 15) is 18.0 Å². The quantitative estimate of drug-likeness (QED) is 0.779. The first kappa shape index (κ1) is 18.4. The van der Waals surface area contributed by atoms with E-state index < -0.39 is 22.1 Å². The third-order valence-corrected chi connectivity index (χ3v) is 4.11. The van der Waals surface area contributed by atoms with Crippen molar-refractivity contribution in [3.63, 3.8) is 0 Å². The smallest absolute Gasteiger partial charge is 0.434 e. The molecule has 1 heterocycles. The number of aromatic nitrogens is 1. The van der Waals surface area contributed by atoms with Crippen molar-refractivity contribution in [3.8, 4) is 5.88 Å². The highest BCUT2D eigenvalue weighted by Gasteiger charge is 2.17. The molecule has 0 unspecified atom stereocenters. The van der Waals surface area contributed by atoms with Crippen LogP contribution in [-0.4, -0.2) is 32.1 Å². The highest BCUT2D eigenvalue weighted by molar-refractivity contribution is 7.89. The van der Waals surface area contributed by atoms with Crippen LogP contribution >= 0.6 is 0 Å². The number of nitrogens with zero attached hydrogens (tertiary/aromatic N) is 1. The van der Waals surface area contributed by atoms with E-state index in [1.54, 1.807) is 37.3 Å². The number of hydrogen-bond acceptors (Lipinski definition) is 7. The fraction of sp³-hybridized carbons (Fsp3) is 0.188. The van der Waals surface area contributed by atoms with Gasteiger partial charge in [-0.05, 0) is 18.6 Å². The first-order chi connectivity index (χ1) is 11.9. The zero-order chi connectivity index (χ0) is 18.3. The summed E-state index contributed by atoms with van der Waals surface area (Å²) in [7, 11) is -3.85. The minimum absolute atomic E-state index is 0.00726. The number of benzene rings is 1. The number of nitrogens with one attached hydrogen (secondary N) is 1. The summed E-state index contributed by atoms with van der Waals surface area (Å²) >= 11 is 0. The molecule has 1 N–H and O–H groups in total. The molecule has 0 fully saturated rings. The third-order valence-electron chi connectivity index (χ3n) is 2.90. The number of carbonyl (C=O) groups is 2. The molecule has 0 aliphatic heterocycles. The van der Waals surface area contributed by atoms with Gasteiger partial charge in [0.25, 0.3) is 5.91 Å². The van der Waals surface area contributed by atoms with Gasteiger partial charge in [-0.15, -0.1) is 0 Å². The van der Waals surface area contributed by atoms with Crippen LogP contribution in [0, 0.1) is 0 Å². The van der Waals surface area contributed by atoms with Crippen molar-refractivity contribution in [1.29, 1.82) is 0 Å². The van der Waals surface area contributed by atoms with Gasteiger partial charge in [-0.2, -0.15) is 0 Å². The number of rotatable bonds is 6. The number of amides is 1. The molecule has 0 saturated heterocycles. The van der Waals surface area contributed by atoms with Crippen molar-refractivity contribution in [2.24, 2.45) is 0 Å². The minimum Gasteiger partial charge on any atom is -0.434 e. The molecule has 1 aromatic heterocycles. The molecule has 2 rings (SSSR count). The molecule has 1 aromatic carbocycles. The third kappa shape index (κ3) is 5.88. The largest absolute Gasteiger partial charge is 0.515 e. The Labute approximate surface area is 144 Å². The van der Waals surface area contributed by atoms with Crippen molar-refractivity contribution in [3.05, 3.63) is 59.8 Å². The van der Waals surface area contributed by atoms with E-state index in [4.69, 9.17) is 4.74 Å². The van der Waals surface area contributed by atoms with Gasteiger partial charge in [-0.1, -0.05) is 30.3 Å². The van der Waals surface area contributed by atoms with Crippen LogP contribution in [0.4, 0.5) is 4.79 Å². The van der Waals surface area contributed by atoms with Crippen molar-refractivity contribution >= 4 is 22.1 Å². The molecule has 2 aromatic rings. The number of carbonyl (C=O) groups excluding carboxylic acids is 2. The van der Waals surface area contributed by atoms with Crippen LogP contribution in [-0.2, 0) is 20.5 Å². The van der Waals surface area contributed by atoms with Gasteiger partial charge in [0.2, 0.25) is 15.9 Å². The summed E-state index contributed by atoms with van der Waals surface area (Å²) in [6.45, 7) is 1.77. The van der Waals surface area contributed by atoms with Crippen molar-refractivity contribution in [2.45, 2.75) is 12.7 Å². The molecule has 0 saturated carbocycles. The van der Waals surface area contributed by atoms with Crippen LogP contribution in [0.2, 0.25) is 0 Å². The molecule has 0 atom stereocenters. The Morgan fingerprint density at radius 3 is 2.44 bits per heavy atom. The first-order valence-electron chi connectivity index (χ1n) is 7.29. The van der Waals surface area contributed by atoms with Crippen LogP contribution < -0.4 is 9.46 Å². The van der Waals surface area contributed by atoms with E-state index in [0.29, 0.717) is 5.56 Å². The van der Waals surface area contributed by atoms with E-state index >= 15 is 0 Å². The van der Waals surface area contributed by atoms with Crippen LogP contribution in [0.1, 0.15) is 22.8 Å². The molecule has 0 bridgehead atoms. The average Bonchev–Trinajstić information content (AvgIpc) is 2.55. The molecule has 1 amide bonds. The Balaban J connectivity index is 1.99. The Bertz CT molecular complexity index is 835. The highest BCUT2D eigenvalue weighted by atomic mass is 32.2. The second kappa shape index (κ2) is 8.25. The van der Waals surface area contributed by atoms with Gasteiger partial charge >= 0.3 is 6.16 Å². The van der Waals surface area contributed by atoms with Gasteiger partial charge in [0.05, 0.1) is 17.9 Å². The lowest BCUT2D eigenvalue weighted by Crippen LogP contribution is -2.31. The SMILES string of the molecule is CCOC(=O)Oc1ccc(C(=O)NS(=O)(=O)Cc2ccccc2)cn1. The van der Waals surface area contributed by atoms with Gasteiger partial charge < -0.3 is 9.47 Å². The van der Waals surface area contributed by atoms with Gasteiger partial charge in [-0.3, -0.25) is 4.79 Å². The van der Waals surface area contributed by atoms with Gasteiger partial charge in [0.15, 0.2) is 0 Å². The lowest BCUT2D eigenvalue weighted by Gasteiger charge is -2.07. The molecular weight excluding hydrogens is 348 g/mol. The second-order valence-electron chi connectivity index (χ2n) is 4.85. The first-order valence-corrected chi connectivity index (χ1v) is 8.94. The van der Waals surface area contributed by atoms with Crippen molar-refractivity contribution < 1.29 is 27.5 Å². The molecule has 0 radical (unpaired) electrons. The summed E-state index contributed by atoms with van der Waals surface area (Å²) in [6.07, 6.45) is 0.180. The average molecular weight is 364 g/mol. The Morgan fingerprint density at radius 2 is 1.84 bits per heavy atom. The number of pyridine rings is 1. The number of sulfonamides is 1. The maximum atomic E-state index is 12.0. The predicted octanol–water partition coefficient (Wildman–Crippen LogP) is 1.88. The second-order valence-corrected chi connectivity index (χ2v) is 6.57. The molecule has 0 aliphatic carbocycles. The van der Waals surface area contributed by atoms with Crippen LogP contribution in [0.15, 0.2) is 48.7 Å². The standard InChI is InChI=1S/C16H16N2O6S/c1-2-23-16(20)24-14-9-8-13(10-17-14)15(19)18-25(21,22)11-12-6-4-3-5-7-12/h3-10H,2,11H2,1H3,(H,18,19). The molecule has 0 spiro atoms. The fourth-order valence-corrected chi connectivity index (χ4v) is 2.94. The Morgan fingerprint density at radius 1 is 1.12 bits per heavy atom. The number of hydrogen-bond donors (Lipinski definition) is 1. The van der Waals surface area contributed by atoms with E-state index in [-0.39, 0.29) is 23.8 Å². The van der Waals surface area contributed by atoms with Crippen LogP contribution in [0.3, 0.4) is 0 Å². The maximum Gasteiger partial charge on any atom is 0.515 e. The van der Waals surface area contributed by atoms with E-state index in [1.165, 1.54) is 12.1 Å². The molecule has 8 nitrogen and oxygen atoms in total. The van der Waals surface area contributed by atoms with Crippen LogP contribution in [0.25, 0.3) is 0 Å². The number of ether oxygens (including phenoxy) is 2. The zero-order valence-electron chi connectivity index (χ0n) is 13.3. The molecule has 132 valence electrons. The summed E-state index contributed by atoms with van der Waals surface area (Å²) in [5, 5.41) is 0. The van der Waals surface area contributed by atoms with Gasteiger partial charge in [0.1, 0.15) is 0 Å². The Kier molecular flexibility index (Phi) is 6.07. The van der Waals surface area contributed by atoms with E-state index in [1.807, 2.05) is 4.72 Å². The normalized spacial score (nSPS) is 10.8. The van der Waals surface area contributed by atoms with Crippen molar-refractivity contribution in [1.82, 2.24) is 9.71 Å². The topological polar surface area (TPSA) is 112 Å². The van der Waals surface area contributed by atoms with E-state index in [2.05, 4.69) is 9.72 Å². The predicted molar refractivity (Wildman–Crippen MR) is 88.4 cm³/mol. The molecular formula is C16H16N2O6S. The summed E-state index contributed by atoms with van der Waals surface area (Å²) < 4.78 is 35.4. The highest BCUT2D eigenvalue weighted by Crippen LogP contribution is 2.10. The summed E-state index contributed by atoms with van der Waals surface area (Å²) in [5.41, 5.74) is 0.562. The summed E-state index contributed by atoms with van der Waals surface area (Å²) in [4.78, 5) is 26.9. The maximum absolute atomic E-state index is 12.0. The summed E-state index contributed by atoms with van der Waals surface area (Å²) in [5.74, 6) is -1.22. The van der Waals surface area contributed by atoms with Gasteiger partial charge in [-0.25, -0.2) is 22.9 Å². The molecule has 25 heavy (non-hydrogen) atoms. The molecule has 9 heteroatoms. The monoisotopic (exact) mass is 364 g/mol. The lowest BCUT2D eigenvalue weighted by atomic mass is 10.2. The van der Waals surface area contributed by atoms with Crippen molar-refractivity contribution in [2.75, 3.05) is 6.61 Å². The van der Waals surface area contributed by atoms with Gasteiger partial charge in [0, 0.05) is 12.3 Å². The fourth-order valence-electron chi connectivity index (χ4n) is 1.84. The minimum atomic E-state index is -3.85. The zero-order valence-corrected chi connectivity index (χ0v) is 14.2. The van der Waals surface area contributed by atoms with E-state index in [0.717, 1.165) is 6.20 Å². The Hall–Kier alpha value is -2.94. The van der Waals surface area contributed by atoms with Crippen LogP contribution in [0.5, 0.6) is 5.88 Å². The lowest BCUT2D eigenvalue weighted by molar-refractivity contribution is 0.0981. The summed E-state index contributed by atoms with van der Waals surface area (Å²) in [6, 6.07) is 11.0. The molecule has 0 aliphatic rings.